The van der Waals surface area contributed by atoms with Crippen LogP contribution in [-0.2, 0) is 6.54 Å². The Hall–Kier alpha value is -3.05. The predicted molar refractivity (Wildman–Crippen MR) is 143 cm³/mol. The summed E-state index contributed by atoms with van der Waals surface area (Å²) in [5.74, 6) is -0.0110. The van der Waals surface area contributed by atoms with E-state index in [0.717, 1.165) is 44.3 Å². The van der Waals surface area contributed by atoms with Crippen LogP contribution in [0.25, 0.3) is 0 Å². The fourth-order valence-electron chi connectivity index (χ4n) is 6.32. The highest BCUT2D eigenvalue weighted by atomic mass is 19.1. The second-order valence-electron chi connectivity index (χ2n) is 10.8. The van der Waals surface area contributed by atoms with Crippen molar-refractivity contribution in [3.05, 3.63) is 107 Å². The number of rotatable bonds is 7. The molecule has 1 saturated heterocycles. The molecule has 3 aromatic rings. The summed E-state index contributed by atoms with van der Waals surface area (Å²) in [6.07, 6.45) is 5.51. The van der Waals surface area contributed by atoms with Crippen LogP contribution in [-0.4, -0.2) is 41.4 Å². The first-order valence-corrected chi connectivity index (χ1v) is 13.6. The number of amides is 1. The molecule has 2 fully saturated rings. The minimum atomic E-state index is -0.329. The van der Waals surface area contributed by atoms with E-state index in [1.165, 1.54) is 35.7 Å². The molecule has 0 spiro atoms. The van der Waals surface area contributed by atoms with Crippen molar-refractivity contribution in [2.24, 2.45) is 5.92 Å². The summed E-state index contributed by atoms with van der Waals surface area (Å²) in [6, 6.07) is 21.5. The van der Waals surface area contributed by atoms with Crippen LogP contribution in [0.1, 0.15) is 65.1 Å². The first-order chi connectivity index (χ1) is 18.0. The summed E-state index contributed by atoms with van der Waals surface area (Å²) < 4.78 is 27.5. The van der Waals surface area contributed by atoms with Gasteiger partial charge in [0.15, 0.2) is 0 Å². The van der Waals surface area contributed by atoms with Gasteiger partial charge in [0.25, 0.3) is 5.91 Å². The largest absolute Gasteiger partial charge is 0.335 e. The number of hydrogen-bond acceptors (Lipinski definition) is 2. The molecule has 0 unspecified atom stereocenters. The number of halogens is 2. The average molecular weight is 503 g/mol. The van der Waals surface area contributed by atoms with Gasteiger partial charge in [-0.2, -0.15) is 0 Å². The molecule has 2 aliphatic rings. The fraction of sp³-hybridized carbons (Fsp3) is 0.406. The molecule has 3 aromatic carbocycles. The Labute approximate surface area is 219 Å². The fourth-order valence-corrected chi connectivity index (χ4v) is 6.32. The molecule has 1 aliphatic heterocycles. The van der Waals surface area contributed by atoms with Gasteiger partial charge < -0.3 is 4.90 Å². The van der Waals surface area contributed by atoms with E-state index in [9.17, 15) is 13.6 Å². The van der Waals surface area contributed by atoms with E-state index in [1.807, 2.05) is 6.07 Å². The van der Waals surface area contributed by atoms with Gasteiger partial charge in [-0.3, -0.25) is 9.69 Å². The quantitative estimate of drug-likeness (QED) is 0.349. The van der Waals surface area contributed by atoms with Crippen molar-refractivity contribution in [3.63, 3.8) is 0 Å². The van der Waals surface area contributed by atoms with E-state index in [0.29, 0.717) is 18.7 Å². The summed E-state index contributed by atoms with van der Waals surface area (Å²) in [6.45, 7) is 5.22. The summed E-state index contributed by atoms with van der Waals surface area (Å²) >= 11 is 0. The van der Waals surface area contributed by atoms with Gasteiger partial charge in [-0.05, 0) is 78.8 Å². The summed E-state index contributed by atoms with van der Waals surface area (Å²) in [5.41, 5.74) is 4.11. The van der Waals surface area contributed by atoms with Crippen LogP contribution in [0, 0.1) is 24.5 Å². The van der Waals surface area contributed by atoms with E-state index < -0.39 is 0 Å². The van der Waals surface area contributed by atoms with Gasteiger partial charge in [-0.25, -0.2) is 8.78 Å². The molecule has 0 N–H and O–H groups in total. The molecule has 1 heterocycles. The summed E-state index contributed by atoms with van der Waals surface area (Å²) in [4.78, 5) is 18.3. The monoisotopic (exact) mass is 502 g/mol. The van der Waals surface area contributed by atoms with Crippen LogP contribution < -0.4 is 0 Å². The maximum absolute atomic E-state index is 13.9. The second-order valence-corrected chi connectivity index (χ2v) is 10.8. The third-order valence-electron chi connectivity index (χ3n) is 8.20. The SMILES string of the molecule is Cc1ccccc1[C@H]1CN(Cc2cccc(F)c2)C[C@H]1CN(C(=O)c1ccc(F)cc1)C1CCCCC1. The maximum atomic E-state index is 13.9. The van der Waals surface area contributed by atoms with E-state index in [1.54, 1.807) is 24.3 Å². The molecule has 1 saturated carbocycles. The van der Waals surface area contributed by atoms with Gasteiger partial charge in [0.05, 0.1) is 0 Å². The first-order valence-electron chi connectivity index (χ1n) is 13.6. The molecule has 3 nitrogen and oxygen atoms in total. The van der Waals surface area contributed by atoms with E-state index >= 15 is 0 Å². The van der Waals surface area contributed by atoms with Crippen LogP contribution in [0.5, 0.6) is 0 Å². The van der Waals surface area contributed by atoms with Crippen LogP contribution in [0.2, 0.25) is 0 Å². The van der Waals surface area contributed by atoms with Crippen molar-refractivity contribution in [1.82, 2.24) is 9.80 Å². The lowest BCUT2D eigenvalue weighted by Gasteiger charge is -2.37. The molecule has 2 atom stereocenters. The van der Waals surface area contributed by atoms with Gasteiger partial charge in [0.1, 0.15) is 11.6 Å². The molecule has 0 aromatic heterocycles. The van der Waals surface area contributed by atoms with Crippen molar-refractivity contribution in [2.75, 3.05) is 19.6 Å². The average Bonchev–Trinajstić information content (AvgIpc) is 3.30. The Balaban J connectivity index is 1.43. The summed E-state index contributed by atoms with van der Waals surface area (Å²) in [5, 5.41) is 0. The third-order valence-corrected chi connectivity index (χ3v) is 8.20. The first kappa shape index (κ1) is 25.6. The number of carbonyl (C=O) groups is 1. The molecule has 1 amide bonds. The van der Waals surface area contributed by atoms with Gasteiger partial charge in [-0.15, -0.1) is 0 Å². The molecular formula is C32H36F2N2O. The molecule has 1 aliphatic carbocycles. The van der Waals surface area contributed by atoms with Crippen molar-refractivity contribution in [2.45, 2.75) is 57.5 Å². The van der Waals surface area contributed by atoms with E-state index in [2.05, 4.69) is 41.0 Å². The van der Waals surface area contributed by atoms with Gasteiger partial charge in [-0.1, -0.05) is 55.7 Å². The standard InChI is InChI=1S/C32H36F2N2O/c1-23-8-5-6-13-30(23)31-22-35(19-24-9-7-10-28(34)18-24)20-26(31)21-36(29-11-3-2-4-12-29)32(37)25-14-16-27(33)17-15-25/h5-10,13-18,26,29,31H,2-4,11-12,19-22H2,1H3/t26-,31-/m0/s1. The maximum Gasteiger partial charge on any atom is 0.254 e. The third kappa shape index (κ3) is 6.10. The number of nitrogens with zero attached hydrogens (tertiary/aromatic N) is 2. The van der Waals surface area contributed by atoms with Crippen LogP contribution in [0.3, 0.4) is 0 Å². The number of aryl methyl sites for hydroxylation is 1. The van der Waals surface area contributed by atoms with Gasteiger partial charge >= 0.3 is 0 Å². The number of benzene rings is 3. The molecule has 0 radical (unpaired) electrons. The zero-order valence-corrected chi connectivity index (χ0v) is 21.6. The molecule has 5 heteroatoms. The van der Waals surface area contributed by atoms with Crippen LogP contribution in [0.15, 0.2) is 72.8 Å². The molecular weight excluding hydrogens is 466 g/mol. The predicted octanol–water partition coefficient (Wildman–Crippen LogP) is 6.96. The number of hydrogen-bond donors (Lipinski definition) is 0. The topological polar surface area (TPSA) is 23.6 Å². The van der Waals surface area contributed by atoms with Crippen molar-refractivity contribution in [1.29, 1.82) is 0 Å². The highest BCUT2D eigenvalue weighted by molar-refractivity contribution is 5.94. The molecule has 194 valence electrons. The Bertz CT molecular complexity index is 1210. The molecule has 0 bridgehead atoms. The Kier molecular flexibility index (Phi) is 7.99. The van der Waals surface area contributed by atoms with Gasteiger partial charge in [0.2, 0.25) is 0 Å². The Morgan fingerprint density at radius 1 is 0.892 bits per heavy atom. The lowest BCUT2D eigenvalue weighted by Crippen LogP contribution is -2.45. The van der Waals surface area contributed by atoms with E-state index in [4.69, 9.17) is 0 Å². The van der Waals surface area contributed by atoms with Crippen LogP contribution in [0.4, 0.5) is 8.78 Å². The highest BCUT2D eigenvalue weighted by Crippen LogP contribution is 2.37. The summed E-state index contributed by atoms with van der Waals surface area (Å²) in [7, 11) is 0. The van der Waals surface area contributed by atoms with Crippen molar-refractivity contribution in [3.8, 4) is 0 Å². The zero-order valence-electron chi connectivity index (χ0n) is 21.6. The lowest BCUT2D eigenvalue weighted by atomic mass is 9.85. The molecule has 37 heavy (non-hydrogen) atoms. The zero-order chi connectivity index (χ0) is 25.8. The van der Waals surface area contributed by atoms with Crippen molar-refractivity contribution >= 4 is 5.91 Å². The highest BCUT2D eigenvalue weighted by Gasteiger charge is 2.38. The lowest BCUT2D eigenvalue weighted by molar-refractivity contribution is 0.0588. The Morgan fingerprint density at radius 3 is 2.38 bits per heavy atom. The Morgan fingerprint density at radius 2 is 1.65 bits per heavy atom. The number of likely N-dealkylation sites (tertiary alicyclic amines) is 1. The second kappa shape index (κ2) is 11.6. The van der Waals surface area contributed by atoms with E-state index in [-0.39, 0.29) is 35.4 Å². The van der Waals surface area contributed by atoms with Crippen molar-refractivity contribution < 1.29 is 13.6 Å². The smallest absolute Gasteiger partial charge is 0.254 e. The minimum absolute atomic E-state index is 0.000913. The normalized spacial score (nSPS) is 20.7. The molecule has 5 rings (SSSR count). The van der Waals surface area contributed by atoms with Crippen LogP contribution >= 0.6 is 0 Å². The number of carbonyl (C=O) groups excluding carboxylic acids is 1. The minimum Gasteiger partial charge on any atom is -0.335 e. The van der Waals surface area contributed by atoms with Gasteiger partial charge in [0, 0.05) is 43.7 Å².